The summed E-state index contributed by atoms with van der Waals surface area (Å²) in [5.41, 5.74) is 1.24. The van der Waals surface area contributed by atoms with Crippen LogP contribution in [-0.4, -0.2) is 31.8 Å². The molecule has 0 bridgehead atoms. The van der Waals surface area contributed by atoms with E-state index in [-0.39, 0.29) is 23.7 Å². The second-order valence-electron chi connectivity index (χ2n) is 5.67. The van der Waals surface area contributed by atoms with Gasteiger partial charge in [-0.15, -0.1) is 11.3 Å². The van der Waals surface area contributed by atoms with E-state index in [4.69, 9.17) is 14.2 Å². The topological polar surface area (TPSA) is 66.9 Å². The second-order valence-corrected chi connectivity index (χ2v) is 6.53. The van der Waals surface area contributed by atoms with Crippen molar-refractivity contribution in [3.05, 3.63) is 59.1 Å². The second kappa shape index (κ2) is 9.33. The molecule has 0 amide bonds. The van der Waals surface area contributed by atoms with Gasteiger partial charge in [-0.2, -0.15) is 8.78 Å². The van der Waals surface area contributed by atoms with Crippen molar-refractivity contribution in [2.24, 2.45) is 0 Å². The first kappa shape index (κ1) is 20.5. The summed E-state index contributed by atoms with van der Waals surface area (Å²) in [5, 5.41) is 2.49. The fraction of sp³-hybridized carbons (Fsp3) is 0.200. The van der Waals surface area contributed by atoms with E-state index >= 15 is 0 Å². The van der Waals surface area contributed by atoms with Gasteiger partial charge in [0.1, 0.15) is 22.9 Å². The lowest BCUT2D eigenvalue weighted by atomic mass is 10.2. The third-order valence-corrected chi connectivity index (χ3v) is 4.79. The number of alkyl halides is 2. The van der Waals surface area contributed by atoms with E-state index in [0.717, 1.165) is 10.6 Å². The van der Waals surface area contributed by atoms with E-state index in [1.165, 1.54) is 36.6 Å². The molecule has 0 aliphatic rings. The number of carbonyl (C=O) groups is 1. The van der Waals surface area contributed by atoms with Gasteiger partial charge in [0.2, 0.25) is 0 Å². The number of hydrogen-bond donors (Lipinski definition) is 0. The van der Waals surface area contributed by atoms with Crippen LogP contribution in [0.15, 0.2) is 47.8 Å². The maximum Gasteiger partial charge on any atom is 0.387 e. The molecule has 0 aliphatic carbocycles. The number of halogens is 2. The molecule has 0 fully saturated rings. The summed E-state index contributed by atoms with van der Waals surface area (Å²) in [6.45, 7) is -3.23. The zero-order valence-electron chi connectivity index (χ0n) is 15.6. The number of methoxy groups -OCH3 is 2. The quantitative estimate of drug-likeness (QED) is 0.488. The SMILES string of the molecule is COc1cccc(-c2nc(COC(=O)c3cccc(OC)c3OC(F)F)cs2)c1. The van der Waals surface area contributed by atoms with E-state index < -0.39 is 12.6 Å². The van der Waals surface area contributed by atoms with Gasteiger partial charge in [-0.3, -0.25) is 0 Å². The minimum atomic E-state index is -3.11. The predicted octanol–water partition coefficient (Wildman–Crippen LogP) is 4.79. The molecule has 29 heavy (non-hydrogen) atoms. The molecule has 0 spiro atoms. The molecule has 3 rings (SSSR count). The molecule has 0 saturated heterocycles. The molecule has 0 atom stereocenters. The molecule has 2 aromatic carbocycles. The third-order valence-electron chi connectivity index (χ3n) is 3.85. The average molecular weight is 421 g/mol. The van der Waals surface area contributed by atoms with Crippen molar-refractivity contribution in [3.63, 3.8) is 0 Å². The first-order valence-corrected chi connectivity index (χ1v) is 9.27. The van der Waals surface area contributed by atoms with Gasteiger partial charge in [-0.25, -0.2) is 9.78 Å². The van der Waals surface area contributed by atoms with E-state index in [0.29, 0.717) is 11.4 Å². The summed E-state index contributed by atoms with van der Waals surface area (Å²) in [6, 6.07) is 11.6. The van der Waals surface area contributed by atoms with Crippen LogP contribution in [-0.2, 0) is 11.3 Å². The molecule has 6 nitrogen and oxygen atoms in total. The van der Waals surface area contributed by atoms with Gasteiger partial charge in [-0.1, -0.05) is 18.2 Å². The van der Waals surface area contributed by atoms with Crippen LogP contribution < -0.4 is 14.2 Å². The summed E-state index contributed by atoms with van der Waals surface area (Å²) in [4.78, 5) is 16.8. The standard InChI is InChI=1S/C20H17F2NO5S/c1-25-14-6-3-5-12(9-14)18-23-13(11-29-18)10-27-19(24)15-7-4-8-16(26-2)17(15)28-20(21)22/h3-9,11,20H,10H2,1-2H3. The Labute approximate surface area is 169 Å². The molecule has 1 heterocycles. The Hall–Kier alpha value is -3.20. The first-order chi connectivity index (χ1) is 14.0. The van der Waals surface area contributed by atoms with Crippen molar-refractivity contribution in [3.8, 4) is 27.8 Å². The van der Waals surface area contributed by atoms with Crippen molar-refractivity contribution in [2.75, 3.05) is 14.2 Å². The number of rotatable bonds is 8. The zero-order chi connectivity index (χ0) is 20.8. The van der Waals surface area contributed by atoms with Gasteiger partial charge in [0.15, 0.2) is 11.5 Å². The maximum absolute atomic E-state index is 12.7. The number of aromatic nitrogens is 1. The number of ether oxygens (including phenoxy) is 4. The van der Waals surface area contributed by atoms with Crippen LogP contribution in [0, 0.1) is 0 Å². The van der Waals surface area contributed by atoms with Crippen LogP contribution in [0.3, 0.4) is 0 Å². The predicted molar refractivity (Wildman–Crippen MR) is 103 cm³/mol. The minimum Gasteiger partial charge on any atom is -0.497 e. The Kier molecular flexibility index (Phi) is 6.61. The molecule has 3 aromatic rings. The van der Waals surface area contributed by atoms with Crippen LogP contribution in [0.25, 0.3) is 10.6 Å². The fourth-order valence-corrected chi connectivity index (χ4v) is 3.33. The molecule has 0 N–H and O–H groups in total. The average Bonchev–Trinajstić information content (AvgIpc) is 3.21. The molecule has 0 radical (unpaired) electrons. The van der Waals surface area contributed by atoms with Crippen molar-refractivity contribution in [2.45, 2.75) is 13.2 Å². The highest BCUT2D eigenvalue weighted by Gasteiger charge is 2.21. The van der Waals surface area contributed by atoms with Gasteiger partial charge in [-0.05, 0) is 24.3 Å². The first-order valence-electron chi connectivity index (χ1n) is 8.39. The number of thiazole rings is 1. The summed E-state index contributed by atoms with van der Waals surface area (Å²) < 4.78 is 45.3. The highest BCUT2D eigenvalue weighted by atomic mass is 32.1. The van der Waals surface area contributed by atoms with E-state index in [1.807, 2.05) is 24.3 Å². The lowest BCUT2D eigenvalue weighted by Gasteiger charge is -2.13. The monoisotopic (exact) mass is 421 g/mol. The summed E-state index contributed by atoms with van der Waals surface area (Å²) in [6.07, 6.45) is 0. The van der Waals surface area contributed by atoms with Crippen molar-refractivity contribution in [1.29, 1.82) is 0 Å². The maximum atomic E-state index is 12.7. The van der Waals surface area contributed by atoms with Crippen LogP contribution >= 0.6 is 11.3 Å². The lowest BCUT2D eigenvalue weighted by Crippen LogP contribution is -2.11. The normalized spacial score (nSPS) is 10.7. The number of benzene rings is 2. The number of esters is 1. The molecule has 0 aliphatic heterocycles. The van der Waals surface area contributed by atoms with E-state index in [1.54, 1.807) is 12.5 Å². The molecule has 1 aromatic heterocycles. The van der Waals surface area contributed by atoms with Crippen LogP contribution in [0.1, 0.15) is 16.1 Å². The number of carbonyl (C=O) groups excluding carboxylic acids is 1. The lowest BCUT2D eigenvalue weighted by molar-refractivity contribution is -0.0518. The highest BCUT2D eigenvalue weighted by molar-refractivity contribution is 7.13. The van der Waals surface area contributed by atoms with E-state index in [2.05, 4.69) is 9.72 Å². The van der Waals surface area contributed by atoms with Crippen LogP contribution in [0.4, 0.5) is 8.78 Å². The summed E-state index contributed by atoms with van der Waals surface area (Å²) in [5.74, 6) is -0.482. The van der Waals surface area contributed by atoms with Crippen molar-refractivity contribution < 1.29 is 32.5 Å². The van der Waals surface area contributed by atoms with Crippen molar-refractivity contribution in [1.82, 2.24) is 4.98 Å². The molecular formula is C20H17F2NO5S. The summed E-state index contributed by atoms with van der Waals surface area (Å²) >= 11 is 1.39. The van der Waals surface area contributed by atoms with Gasteiger partial charge >= 0.3 is 12.6 Å². The van der Waals surface area contributed by atoms with Crippen molar-refractivity contribution >= 4 is 17.3 Å². The molecule has 9 heteroatoms. The van der Waals surface area contributed by atoms with Gasteiger partial charge < -0.3 is 18.9 Å². The van der Waals surface area contributed by atoms with Crippen LogP contribution in [0.5, 0.6) is 17.2 Å². The third kappa shape index (κ3) is 5.00. The number of para-hydroxylation sites is 1. The largest absolute Gasteiger partial charge is 0.497 e. The van der Waals surface area contributed by atoms with Crippen LogP contribution in [0.2, 0.25) is 0 Å². The highest BCUT2D eigenvalue weighted by Crippen LogP contribution is 2.33. The molecule has 0 saturated carbocycles. The number of hydrogen-bond acceptors (Lipinski definition) is 7. The van der Waals surface area contributed by atoms with Gasteiger partial charge in [0.25, 0.3) is 0 Å². The van der Waals surface area contributed by atoms with Gasteiger partial charge in [0, 0.05) is 10.9 Å². The summed E-state index contributed by atoms with van der Waals surface area (Å²) in [7, 11) is 2.87. The fourth-order valence-electron chi connectivity index (χ4n) is 2.53. The number of nitrogens with zero attached hydrogens (tertiary/aromatic N) is 1. The molecular weight excluding hydrogens is 404 g/mol. The minimum absolute atomic E-state index is 0.00807. The van der Waals surface area contributed by atoms with E-state index in [9.17, 15) is 13.6 Å². The van der Waals surface area contributed by atoms with Gasteiger partial charge in [0.05, 0.1) is 19.9 Å². The Morgan fingerprint density at radius 1 is 1.14 bits per heavy atom. The Balaban J connectivity index is 1.72. The molecule has 0 unspecified atom stereocenters. The molecule has 152 valence electrons. The Bertz CT molecular complexity index is 993. The Morgan fingerprint density at radius 2 is 1.93 bits per heavy atom. The Morgan fingerprint density at radius 3 is 2.66 bits per heavy atom. The smallest absolute Gasteiger partial charge is 0.387 e. The zero-order valence-corrected chi connectivity index (χ0v) is 16.4.